The SMILES string of the molecule is CC(=Nn1c(-c2ccc(C)c(C)c2)csc1=NC1CCCCC1)c1ccc([N+](=O)[O-])cc1. The molecule has 4 rings (SSSR count). The topological polar surface area (TPSA) is 72.8 Å². The van der Waals surface area contributed by atoms with Crippen LogP contribution in [0, 0.1) is 24.0 Å². The van der Waals surface area contributed by atoms with E-state index < -0.39 is 0 Å². The minimum Gasteiger partial charge on any atom is -0.258 e. The fourth-order valence-corrected chi connectivity index (χ4v) is 4.88. The Bertz CT molecular complexity index is 1220. The van der Waals surface area contributed by atoms with E-state index in [1.165, 1.54) is 42.5 Å². The molecule has 0 amide bonds. The first-order chi connectivity index (χ1) is 15.4. The molecule has 1 saturated carbocycles. The van der Waals surface area contributed by atoms with Gasteiger partial charge < -0.3 is 0 Å². The van der Waals surface area contributed by atoms with Crippen molar-refractivity contribution in [3.05, 3.63) is 79.5 Å². The standard InChI is InChI=1S/C25H28N4O2S/c1-17-9-10-21(15-18(17)2)24-16-32-25(26-22-7-5-4-6-8-22)28(24)27-19(3)20-11-13-23(14-12-20)29(30)31/h9-16,22H,4-8H2,1-3H3. The third-order valence-electron chi connectivity index (χ3n) is 6.10. The number of aryl methyl sites for hydroxylation is 2. The first kappa shape index (κ1) is 22.1. The van der Waals surface area contributed by atoms with Crippen molar-refractivity contribution in [2.24, 2.45) is 10.1 Å². The van der Waals surface area contributed by atoms with Crippen molar-refractivity contribution in [2.75, 3.05) is 0 Å². The second-order valence-corrected chi connectivity index (χ2v) is 9.26. The Hall–Kier alpha value is -3.06. The molecule has 0 atom stereocenters. The molecule has 0 saturated heterocycles. The number of hydrogen-bond acceptors (Lipinski definition) is 5. The lowest BCUT2D eigenvalue weighted by Crippen LogP contribution is -2.19. The molecule has 0 bridgehead atoms. The number of nitro benzene ring substituents is 1. The van der Waals surface area contributed by atoms with Gasteiger partial charge in [-0.3, -0.25) is 15.1 Å². The number of hydrogen-bond donors (Lipinski definition) is 0. The fourth-order valence-electron chi connectivity index (χ4n) is 3.98. The lowest BCUT2D eigenvalue weighted by atomic mass is 9.96. The summed E-state index contributed by atoms with van der Waals surface area (Å²) in [5, 5.41) is 18.0. The molecule has 1 aromatic heterocycles. The zero-order chi connectivity index (χ0) is 22.7. The third kappa shape index (κ3) is 4.88. The van der Waals surface area contributed by atoms with E-state index in [4.69, 9.17) is 10.1 Å². The zero-order valence-electron chi connectivity index (χ0n) is 18.7. The normalized spacial score (nSPS) is 15.8. The summed E-state index contributed by atoms with van der Waals surface area (Å²) in [7, 11) is 0. The predicted molar refractivity (Wildman–Crippen MR) is 130 cm³/mol. The lowest BCUT2D eigenvalue weighted by molar-refractivity contribution is -0.384. The Morgan fingerprint density at radius 1 is 1.06 bits per heavy atom. The van der Waals surface area contributed by atoms with Gasteiger partial charge in [0.05, 0.1) is 22.4 Å². The molecule has 0 spiro atoms. The van der Waals surface area contributed by atoms with Crippen molar-refractivity contribution in [1.29, 1.82) is 0 Å². The van der Waals surface area contributed by atoms with E-state index in [1.54, 1.807) is 23.5 Å². The maximum absolute atomic E-state index is 11.0. The van der Waals surface area contributed by atoms with Crippen LogP contribution in [-0.4, -0.2) is 21.4 Å². The predicted octanol–water partition coefficient (Wildman–Crippen LogP) is 6.25. The van der Waals surface area contributed by atoms with Crippen molar-refractivity contribution >= 4 is 22.7 Å². The van der Waals surface area contributed by atoms with Crippen LogP contribution < -0.4 is 4.80 Å². The van der Waals surface area contributed by atoms with Gasteiger partial charge in [0.1, 0.15) is 0 Å². The summed E-state index contributed by atoms with van der Waals surface area (Å²) < 4.78 is 1.94. The largest absolute Gasteiger partial charge is 0.269 e. The van der Waals surface area contributed by atoms with Crippen molar-refractivity contribution < 1.29 is 4.92 Å². The van der Waals surface area contributed by atoms with Crippen molar-refractivity contribution in [3.8, 4) is 11.3 Å². The monoisotopic (exact) mass is 448 g/mol. The molecular weight excluding hydrogens is 420 g/mol. The van der Waals surface area contributed by atoms with Crippen LogP contribution >= 0.6 is 11.3 Å². The highest BCUT2D eigenvalue weighted by Crippen LogP contribution is 2.25. The number of rotatable bonds is 5. The summed E-state index contributed by atoms with van der Waals surface area (Å²) >= 11 is 1.62. The van der Waals surface area contributed by atoms with Gasteiger partial charge in [0.25, 0.3) is 5.69 Å². The maximum Gasteiger partial charge on any atom is 0.269 e. The van der Waals surface area contributed by atoms with Crippen LogP contribution in [0.15, 0.2) is 57.9 Å². The van der Waals surface area contributed by atoms with Gasteiger partial charge in [0, 0.05) is 23.1 Å². The minimum absolute atomic E-state index is 0.0774. The molecule has 3 aromatic rings. The molecule has 166 valence electrons. The third-order valence-corrected chi connectivity index (χ3v) is 6.93. The Kier molecular flexibility index (Phi) is 6.65. The summed E-state index contributed by atoms with van der Waals surface area (Å²) in [6.45, 7) is 6.16. The number of thiazole rings is 1. The number of non-ortho nitro benzene ring substituents is 1. The summed E-state index contributed by atoms with van der Waals surface area (Å²) in [5.74, 6) is 0. The van der Waals surface area contributed by atoms with Crippen LogP contribution in [0.3, 0.4) is 0 Å². The van der Waals surface area contributed by atoms with Gasteiger partial charge in [-0.15, -0.1) is 11.3 Å². The van der Waals surface area contributed by atoms with Crippen molar-refractivity contribution in [1.82, 2.24) is 4.68 Å². The van der Waals surface area contributed by atoms with Gasteiger partial charge >= 0.3 is 0 Å². The second-order valence-electron chi connectivity index (χ2n) is 8.42. The number of nitro groups is 1. The van der Waals surface area contributed by atoms with Crippen LogP contribution in [0.5, 0.6) is 0 Å². The molecule has 2 aromatic carbocycles. The first-order valence-electron chi connectivity index (χ1n) is 11.0. The average molecular weight is 449 g/mol. The molecule has 32 heavy (non-hydrogen) atoms. The Morgan fingerprint density at radius 3 is 2.44 bits per heavy atom. The zero-order valence-corrected chi connectivity index (χ0v) is 19.6. The average Bonchev–Trinajstić information content (AvgIpc) is 3.18. The molecule has 6 nitrogen and oxygen atoms in total. The van der Waals surface area contributed by atoms with E-state index in [9.17, 15) is 10.1 Å². The van der Waals surface area contributed by atoms with Gasteiger partial charge in [-0.1, -0.05) is 31.4 Å². The summed E-state index contributed by atoms with van der Waals surface area (Å²) in [4.78, 5) is 16.6. The maximum atomic E-state index is 11.0. The molecule has 1 fully saturated rings. The second kappa shape index (κ2) is 9.61. The van der Waals surface area contributed by atoms with E-state index in [0.717, 1.165) is 40.2 Å². The summed E-state index contributed by atoms with van der Waals surface area (Å²) in [5.41, 5.74) is 6.32. The van der Waals surface area contributed by atoms with Crippen LogP contribution in [0.4, 0.5) is 5.69 Å². The molecule has 1 aliphatic carbocycles. The number of nitrogens with zero attached hydrogens (tertiary/aromatic N) is 4. The smallest absolute Gasteiger partial charge is 0.258 e. The van der Waals surface area contributed by atoms with Crippen LogP contribution in [0.25, 0.3) is 11.3 Å². The van der Waals surface area contributed by atoms with Gasteiger partial charge in [-0.2, -0.15) is 5.10 Å². The summed E-state index contributed by atoms with van der Waals surface area (Å²) in [6, 6.07) is 13.3. The van der Waals surface area contributed by atoms with Crippen molar-refractivity contribution in [2.45, 2.75) is 58.9 Å². The Morgan fingerprint density at radius 2 is 1.78 bits per heavy atom. The fraction of sp³-hybridized carbons (Fsp3) is 0.360. The molecule has 1 aliphatic rings. The highest BCUT2D eigenvalue weighted by atomic mass is 32.1. The van der Waals surface area contributed by atoms with Gasteiger partial charge in [0.2, 0.25) is 4.80 Å². The van der Waals surface area contributed by atoms with Crippen LogP contribution in [0.2, 0.25) is 0 Å². The Balaban J connectivity index is 1.80. The number of aromatic nitrogens is 1. The van der Waals surface area contributed by atoms with E-state index >= 15 is 0 Å². The van der Waals surface area contributed by atoms with Gasteiger partial charge in [-0.05, 0) is 68.5 Å². The van der Waals surface area contributed by atoms with Crippen LogP contribution in [-0.2, 0) is 0 Å². The van der Waals surface area contributed by atoms with Crippen LogP contribution in [0.1, 0.15) is 55.7 Å². The molecule has 0 radical (unpaired) electrons. The molecule has 0 unspecified atom stereocenters. The molecular formula is C25H28N4O2S. The van der Waals surface area contributed by atoms with E-state index in [-0.39, 0.29) is 10.6 Å². The quantitative estimate of drug-likeness (QED) is 0.263. The van der Waals surface area contributed by atoms with Gasteiger partial charge in [0.15, 0.2) is 0 Å². The van der Waals surface area contributed by atoms with E-state index in [1.807, 2.05) is 11.6 Å². The van der Waals surface area contributed by atoms with Gasteiger partial charge in [-0.25, -0.2) is 4.68 Å². The van der Waals surface area contributed by atoms with E-state index in [0.29, 0.717) is 6.04 Å². The highest BCUT2D eigenvalue weighted by molar-refractivity contribution is 7.07. The minimum atomic E-state index is -0.386. The molecule has 0 aliphatic heterocycles. The Labute approximate surface area is 192 Å². The van der Waals surface area contributed by atoms with E-state index in [2.05, 4.69) is 37.4 Å². The molecule has 0 N–H and O–H groups in total. The first-order valence-corrected chi connectivity index (χ1v) is 11.9. The molecule has 1 heterocycles. The molecule has 7 heteroatoms. The highest BCUT2D eigenvalue weighted by Gasteiger charge is 2.15. The number of benzene rings is 2. The lowest BCUT2D eigenvalue weighted by Gasteiger charge is -2.17. The van der Waals surface area contributed by atoms with Crippen molar-refractivity contribution in [3.63, 3.8) is 0 Å². The summed E-state index contributed by atoms with van der Waals surface area (Å²) in [6.07, 6.45) is 6.01.